The van der Waals surface area contributed by atoms with Crippen LogP contribution in [0.3, 0.4) is 0 Å². The van der Waals surface area contributed by atoms with Gasteiger partial charge >= 0.3 is 0 Å². The van der Waals surface area contributed by atoms with E-state index in [0.29, 0.717) is 0 Å². The average molecular weight is 443 g/mol. The fourth-order valence-corrected chi connectivity index (χ4v) is 4.51. The van der Waals surface area contributed by atoms with Crippen LogP contribution < -0.4 is 14.8 Å². The minimum absolute atomic E-state index is 0.0297. The lowest BCUT2D eigenvalue weighted by Crippen LogP contribution is -2.45. The number of benzene rings is 3. The Morgan fingerprint density at radius 2 is 1.71 bits per heavy atom. The first-order chi connectivity index (χ1) is 14.8. The number of hydrogen-bond acceptors (Lipinski definition) is 4. The van der Waals surface area contributed by atoms with Gasteiger partial charge in [0.1, 0.15) is 22.5 Å². The van der Waals surface area contributed by atoms with Crippen LogP contribution in [0.2, 0.25) is 0 Å². The number of anilines is 1. The molecule has 162 valence electrons. The van der Waals surface area contributed by atoms with Crippen LogP contribution in [-0.4, -0.2) is 27.5 Å². The zero-order chi connectivity index (χ0) is 22.4. The third kappa shape index (κ3) is 5.68. The van der Waals surface area contributed by atoms with Crippen LogP contribution in [0.4, 0.5) is 10.1 Å². The summed E-state index contributed by atoms with van der Waals surface area (Å²) >= 11 is 0. The Balaban J connectivity index is 1.93. The number of nitrogens with one attached hydrogen (secondary N) is 2. The van der Waals surface area contributed by atoms with Crippen LogP contribution in [-0.2, 0) is 21.2 Å². The maximum atomic E-state index is 14.0. The highest BCUT2D eigenvalue weighted by atomic mass is 32.2. The molecule has 0 radical (unpaired) electrons. The number of hydrogen-bond donors (Lipinski definition) is 2. The Bertz CT molecular complexity index is 1170. The second kappa shape index (κ2) is 9.72. The Labute approximate surface area is 181 Å². The van der Waals surface area contributed by atoms with Crippen molar-refractivity contribution >= 4 is 21.6 Å². The standard InChI is InChI=1S/C23H23FN2O4S/c1-16-12-13-21(30-2)22(14-16)31(28,29)26-20(15-17-8-4-3-5-9-17)23(27)25-19-11-7-6-10-18(19)24/h3-14,20,26H,15H2,1-2H3,(H,25,27)/t20-/m1/s1. The van der Waals surface area contributed by atoms with Gasteiger partial charge in [-0.2, -0.15) is 4.72 Å². The minimum Gasteiger partial charge on any atom is -0.495 e. The summed E-state index contributed by atoms with van der Waals surface area (Å²) in [5, 5.41) is 2.47. The maximum Gasteiger partial charge on any atom is 0.245 e. The molecule has 0 heterocycles. The molecule has 3 rings (SSSR count). The average Bonchev–Trinajstić information content (AvgIpc) is 2.75. The van der Waals surface area contributed by atoms with E-state index in [-0.39, 0.29) is 22.8 Å². The molecule has 1 amide bonds. The van der Waals surface area contributed by atoms with E-state index in [2.05, 4.69) is 10.0 Å². The zero-order valence-electron chi connectivity index (χ0n) is 17.1. The number of carbonyl (C=O) groups is 1. The molecular weight excluding hydrogens is 419 g/mol. The van der Waals surface area contributed by atoms with Crippen molar-refractivity contribution in [2.75, 3.05) is 12.4 Å². The van der Waals surface area contributed by atoms with Crippen LogP contribution in [0.15, 0.2) is 77.7 Å². The number of sulfonamides is 1. The summed E-state index contributed by atoms with van der Waals surface area (Å²) in [6.07, 6.45) is 0.0779. The van der Waals surface area contributed by atoms with Crippen LogP contribution in [0.25, 0.3) is 0 Å². The first-order valence-electron chi connectivity index (χ1n) is 9.56. The molecule has 0 saturated heterocycles. The van der Waals surface area contributed by atoms with Crippen LogP contribution in [0, 0.1) is 12.7 Å². The largest absolute Gasteiger partial charge is 0.495 e. The summed E-state index contributed by atoms with van der Waals surface area (Å²) < 4.78 is 47.9. The third-order valence-corrected chi connectivity index (χ3v) is 6.13. The molecule has 8 heteroatoms. The number of rotatable bonds is 8. The molecule has 1 atom stereocenters. The van der Waals surface area contributed by atoms with Gasteiger partial charge in [-0.1, -0.05) is 48.5 Å². The molecule has 31 heavy (non-hydrogen) atoms. The lowest BCUT2D eigenvalue weighted by Gasteiger charge is -2.20. The topological polar surface area (TPSA) is 84.5 Å². The molecule has 0 saturated carbocycles. The van der Waals surface area contributed by atoms with Gasteiger partial charge < -0.3 is 10.1 Å². The van der Waals surface area contributed by atoms with Crippen LogP contribution in [0.1, 0.15) is 11.1 Å². The van der Waals surface area contributed by atoms with Gasteiger partial charge in [0.15, 0.2) is 0 Å². The summed E-state index contributed by atoms with van der Waals surface area (Å²) in [6, 6.07) is 18.2. The quantitative estimate of drug-likeness (QED) is 0.558. The van der Waals surface area contributed by atoms with Crippen LogP contribution in [0.5, 0.6) is 5.75 Å². The third-order valence-electron chi connectivity index (χ3n) is 4.64. The van der Waals surface area contributed by atoms with Gasteiger partial charge in [-0.25, -0.2) is 12.8 Å². The Kier molecular flexibility index (Phi) is 7.04. The first-order valence-corrected chi connectivity index (χ1v) is 11.0. The van der Waals surface area contributed by atoms with E-state index in [1.165, 1.54) is 31.4 Å². The van der Waals surface area contributed by atoms with Crippen molar-refractivity contribution in [1.29, 1.82) is 0 Å². The van der Waals surface area contributed by atoms with Crippen molar-refractivity contribution in [3.8, 4) is 5.75 Å². The number of halogens is 1. The predicted octanol–water partition coefficient (Wildman–Crippen LogP) is 3.67. The van der Waals surface area contributed by atoms with E-state index in [1.807, 2.05) is 6.07 Å². The second-order valence-corrected chi connectivity index (χ2v) is 8.67. The summed E-state index contributed by atoms with van der Waals surface area (Å²) in [6.45, 7) is 1.75. The number of carbonyl (C=O) groups excluding carboxylic acids is 1. The minimum atomic E-state index is -4.12. The number of methoxy groups -OCH3 is 1. The van der Waals surface area contributed by atoms with Crippen LogP contribution >= 0.6 is 0 Å². The van der Waals surface area contributed by atoms with Crippen molar-refractivity contribution in [1.82, 2.24) is 4.72 Å². The molecule has 0 bridgehead atoms. The van der Waals surface area contributed by atoms with E-state index in [0.717, 1.165) is 11.1 Å². The Morgan fingerprint density at radius 1 is 1.03 bits per heavy atom. The van der Waals surface area contributed by atoms with Gasteiger partial charge in [0.05, 0.1) is 12.8 Å². The summed E-state index contributed by atoms with van der Waals surface area (Å²) in [5.41, 5.74) is 1.43. The fraction of sp³-hybridized carbons (Fsp3) is 0.174. The summed E-state index contributed by atoms with van der Waals surface area (Å²) in [5.74, 6) is -1.13. The molecule has 0 unspecified atom stereocenters. The number of aryl methyl sites for hydroxylation is 1. The molecule has 3 aromatic carbocycles. The molecule has 0 aliphatic carbocycles. The van der Waals surface area contributed by atoms with E-state index in [1.54, 1.807) is 49.4 Å². The summed E-state index contributed by atoms with van der Waals surface area (Å²) in [4.78, 5) is 12.9. The lowest BCUT2D eigenvalue weighted by molar-refractivity contribution is -0.117. The molecular formula is C23H23FN2O4S. The van der Waals surface area contributed by atoms with E-state index < -0.39 is 27.8 Å². The van der Waals surface area contributed by atoms with Crippen molar-refractivity contribution < 1.29 is 22.3 Å². The van der Waals surface area contributed by atoms with E-state index in [9.17, 15) is 17.6 Å². The normalized spacial score (nSPS) is 12.2. The monoisotopic (exact) mass is 442 g/mol. The SMILES string of the molecule is COc1ccc(C)cc1S(=O)(=O)N[C@H](Cc1ccccc1)C(=O)Nc1ccccc1F. The van der Waals surface area contributed by atoms with Crippen molar-refractivity contribution in [3.05, 3.63) is 89.7 Å². The highest BCUT2D eigenvalue weighted by molar-refractivity contribution is 7.89. The van der Waals surface area contributed by atoms with Gasteiger partial charge in [-0.3, -0.25) is 4.79 Å². The molecule has 3 aromatic rings. The van der Waals surface area contributed by atoms with Crippen molar-refractivity contribution in [2.24, 2.45) is 0 Å². The van der Waals surface area contributed by atoms with E-state index in [4.69, 9.17) is 4.74 Å². The molecule has 0 fully saturated rings. The first kappa shape index (κ1) is 22.5. The number of amides is 1. The Hall–Kier alpha value is -3.23. The molecule has 0 spiro atoms. The highest BCUT2D eigenvalue weighted by Gasteiger charge is 2.28. The fourth-order valence-electron chi connectivity index (χ4n) is 3.06. The van der Waals surface area contributed by atoms with Gasteiger partial charge in [-0.15, -0.1) is 0 Å². The molecule has 0 aliphatic rings. The lowest BCUT2D eigenvalue weighted by atomic mass is 10.1. The van der Waals surface area contributed by atoms with Gasteiger partial charge in [0.25, 0.3) is 0 Å². The molecule has 2 N–H and O–H groups in total. The van der Waals surface area contributed by atoms with E-state index >= 15 is 0 Å². The van der Waals surface area contributed by atoms with Crippen molar-refractivity contribution in [2.45, 2.75) is 24.3 Å². The zero-order valence-corrected chi connectivity index (χ0v) is 17.9. The summed E-state index contributed by atoms with van der Waals surface area (Å²) in [7, 11) is -2.75. The highest BCUT2D eigenvalue weighted by Crippen LogP contribution is 2.25. The predicted molar refractivity (Wildman–Crippen MR) is 117 cm³/mol. The van der Waals surface area contributed by atoms with Crippen molar-refractivity contribution in [3.63, 3.8) is 0 Å². The molecule has 0 aromatic heterocycles. The van der Waals surface area contributed by atoms with Gasteiger partial charge in [0.2, 0.25) is 15.9 Å². The smallest absolute Gasteiger partial charge is 0.245 e. The van der Waals surface area contributed by atoms with Gasteiger partial charge in [-0.05, 0) is 48.7 Å². The molecule has 6 nitrogen and oxygen atoms in total. The maximum absolute atomic E-state index is 14.0. The van der Waals surface area contributed by atoms with Gasteiger partial charge in [0, 0.05) is 0 Å². The number of para-hydroxylation sites is 1. The molecule has 0 aliphatic heterocycles. The second-order valence-electron chi connectivity index (χ2n) is 6.99. The number of ether oxygens (including phenoxy) is 1. The Morgan fingerprint density at radius 3 is 2.39 bits per heavy atom.